The van der Waals surface area contributed by atoms with Crippen molar-refractivity contribution in [1.82, 2.24) is 20.2 Å². The molecule has 0 aliphatic carbocycles. The Kier molecular flexibility index (Phi) is 4.13. The summed E-state index contributed by atoms with van der Waals surface area (Å²) in [6.07, 6.45) is 5.60. The van der Waals surface area contributed by atoms with Gasteiger partial charge in [0.1, 0.15) is 0 Å². The minimum Gasteiger partial charge on any atom is -0.306 e. The molecule has 3 aliphatic rings. The van der Waals surface area contributed by atoms with Crippen LogP contribution in [-0.2, 0) is 0 Å². The highest BCUT2D eigenvalue weighted by atomic mass is 15.5. The fourth-order valence-corrected chi connectivity index (χ4v) is 4.45. The van der Waals surface area contributed by atoms with Gasteiger partial charge in [0, 0.05) is 44.7 Å². The summed E-state index contributed by atoms with van der Waals surface area (Å²) in [5.41, 5.74) is 3.94. The molecular weight excluding hydrogens is 236 g/mol. The maximum atomic E-state index is 3.27. The van der Waals surface area contributed by atoms with Crippen LogP contribution in [0.5, 0.6) is 0 Å². The molecule has 0 saturated carbocycles. The zero-order valence-electron chi connectivity index (χ0n) is 12.7. The van der Waals surface area contributed by atoms with E-state index in [0.717, 1.165) is 5.92 Å². The molecule has 0 amide bonds. The molecule has 0 unspecified atom stereocenters. The highest BCUT2D eigenvalue weighted by Crippen LogP contribution is 2.39. The van der Waals surface area contributed by atoms with E-state index in [1.54, 1.807) is 0 Å². The van der Waals surface area contributed by atoms with E-state index in [4.69, 9.17) is 0 Å². The van der Waals surface area contributed by atoms with Crippen LogP contribution >= 0.6 is 0 Å². The third-order valence-corrected chi connectivity index (χ3v) is 5.42. The van der Waals surface area contributed by atoms with Crippen LogP contribution in [0.15, 0.2) is 0 Å². The molecule has 1 N–H and O–H groups in total. The lowest BCUT2D eigenvalue weighted by atomic mass is 9.73. The van der Waals surface area contributed by atoms with Crippen LogP contribution in [0, 0.1) is 11.3 Å². The second kappa shape index (κ2) is 5.68. The van der Waals surface area contributed by atoms with Gasteiger partial charge in [0.2, 0.25) is 0 Å². The first-order chi connectivity index (χ1) is 9.19. The maximum absolute atomic E-state index is 3.27. The number of nitrogens with one attached hydrogen (secondary N) is 1. The molecule has 3 heterocycles. The number of piperidine rings is 2. The molecule has 3 saturated heterocycles. The first-order valence-electron chi connectivity index (χ1n) is 8.02. The predicted molar refractivity (Wildman–Crippen MR) is 79.0 cm³/mol. The summed E-state index contributed by atoms with van der Waals surface area (Å²) in [7, 11) is 4.33. The number of nitrogens with zero attached hydrogens (tertiary/aromatic N) is 3. The van der Waals surface area contributed by atoms with Crippen molar-refractivity contribution < 1.29 is 0 Å². The van der Waals surface area contributed by atoms with Crippen molar-refractivity contribution in [1.29, 1.82) is 0 Å². The number of hydrogen-bond donors (Lipinski definition) is 1. The second-order valence-corrected chi connectivity index (χ2v) is 7.16. The van der Waals surface area contributed by atoms with E-state index in [9.17, 15) is 0 Å². The van der Waals surface area contributed by atoms with E-state index in [0.29, 0.717) is 5.41 Å². The first-order valence-corrected chi connectivity index (χ1v) is 8.02. The lowest BCUT2D eigenvalue weighted by Gasteiger charge is -2.55. The van der Waals surface area contributed by atoms with Gasteiger partial charge in [-0.3, -0.25) is 5.43 Å². The lowest BCUT2D eigenvalue weighted by molar-refractivity contribution is -0.0591. The average molecular weight is 266 g/mol. The van der Waals surface area contributed by atoms with E-state index in [1.807, 2.05) is 7.05 Å². The third kappa shape index (κ3) is 3.13. The smallest absolute Gasteiger partial charge is 0.0134 e. The summed E-state index contributed by atoms with van der Waals surface area (Å²) < 4.78 is 0. The van der Waals surface area contributed by atoms with Gasteiger partial charge in [0.25, 0.3) is 0 Å². The van der Waals surface area contributed by atoms with Gasteiger partial charge in [-0.1, -0.05) is 0 Å². The molecule has 3 aliphatic heterocycles. The minimum atomic E-state index is 0.665. The first kappa shape index (κ1) is 13.8. The highest BCUT2D eigenvalue weighted by Gasteiger charge is 2.45. The Morgan fingerprint density at radius 3 is 2.47 bits per heavy atom. The molecule has 0 bridgehead atoms. The summed E-state index contributed by atoms with van der Waals surface area (Å²) in [5, 5.41) is 2.35. The Bertz CT molecular complexity index is 293. The van der Waals surface area contributed by atoms with Crippen LogP contribution in [-0.4, -0.2) is 74.7 Å². The van der Waals surface area contributed by atoms with E-state index in [-0.39, 0.29) is 0 Å². The van der Waals surface area contributed by atoms with Crippen molar-refractivity contribution >= 4 is 0 Å². The Labute approximate surface area is 118 Å². The standard InChI is InChI=1S/C15H30N4/c1-16-19-8-4-14(5-9-19)10-18-12-15(13-18)6-3-7-17(2)11-15/h14,16H,3-13H2,1-2H3. The largest absolute Gasteiger partial charge is 0.306 e. The molecule has 110 valence electrons. The molecule has 19 heavy (non-hydrogen) atoms. The van der Waals surface area contributed by atoms with Crippen molar-refractivity contribution in [2.75, 3.05) is 59.9 Å². The van der Waals surface area contributed by atoms with Crippen molar-refractivity contribution in [3.05, 3.63) is 0 Å². The summed E-state index contributed by atoms with van der Waals surface area (Å²) in [6, 6.07) is 0. The molecule has 4 heteroatoms. The van der Waals surface area contributed by atoms with E-state index >= 15 is 0 Å². The van der Waals surface area contributed by atoms with Crippen LogP contribution in [0.2, 0.25) is 0 Å². The Balaban J connectivity index is 1.40. The Morgan fingerprint density at radius 2 is 1.84 bits per heavy atom. The fraction of sp³-hybridized carbons (Fsp3) is 1.00. The maximum Gasteiger partial charge on any atom is 0.0134 e. The lowest BCUT2D eigenvalue weighted by Crippen LogP contribution is -2.63. The van der Waals surface area contributed by atoms with Crippen LogP contribution < -0.4 is 5.43 Å². The summed E-state index contributed by atoms with van der Waals surface area (Å²) >= 11 is 0. The van der Waals surface area contributed by atoms with Gasteiger partial charge >= 0.3 is 0 Å². The molecule has 0 atom stereocenters. The van der Waals surface area contributed by atoms with Gasteiger partial charge in [-0.05, 0) is 52.2 Å². The van der Waals surface area contributed by atoms with Crippen molar-refractivity contribution in [3.63, 3.8) is 0 Å². The minimum absolute atomic E-state index is 0.665. The van der Waals surface area contributed by atoms with Crippen molar-refractivity contribution in [3.8, 4) is 0 Å². The van der Waals surface area contributed by atoms with Gasteiger partial charge in [-0.2, -0.15) is 0 Å². The summed E-state index contributed by atoms with van der Waals surface area (Å²) in [6.45, 7) is 9.17. The van der Waals surface area contributed by atoms with Crippen LogP contribution in [0.3, 0.4) is 0 Å². The zero-order chi connectivity index (χ0) is 13.3. The molecule has 0 radical (unpaired) electrons. The van der Waals surface area contributed by atoms with Gasteiger partial charge in [-0.25, -0.2) is 5.01 Å². The van der Waals surface area contributed by atoms with E-state index in [2.05, 4.69) is 27.3 Å². The monoisotopic (exact) mass is 266 g/mol. The molecule has 3 fully saturated rings. The van der Waals surface area contributed by atoms with E-state index in [1.165, 1.54) is 71.5 Å². The zero-order valence-corrected chi connectivity index (χ0v) is 12.7. The Hall–Kier alpha value is -0.160. The summed E-state index contributed by atoms with van der Waals surface area (Å²) in [5.74, 6) is 0.934. The average Bonchev–Trinajstić information content (AvgIpc) is 2.38. The molecule has 1 spiro atoms. The summed E-state index contributed by atoms with van der Waals surface area (Å²) in [4.78, 5) is 5.26. The number of likely N-dealkylation sites (tertiary alicyclic amines) is 2. The molecule has 3 rings (SSSR count). The van der Waals surface area contributed by atoms with Crippen LogP contribution in [0.1, 0.15) is 25.7 Å². The number of hydrogen-bond acceptors (Lipinski definition) is 4. The second-order valence-electron chi connectivity index (χ2n) is 7.16. The quantitative estimate of drug-likeness (QED) is 0.818. The predicted octanol–water partition coefficient (Wildman–Crippen LogP) is 0.860. The van der Waals surface area contributed by atoms with Crippen molar-refractivity contribution in [2.24, 2.45) is 11.3 Å². The van der Waals surface area contributed by atoms with E-state index < -0.39 is 0 Å². The number of hydrazine groups is 1. The fourth-order valence-electron chi connectivity index (χ4n) is 4.45. The van der Waals surface area contributed by atoms with Gasteiger partial charge in [0.15, 0.2) is 0 Å². The molecule has 0 aromatic carbocycles. The highest BCUT2D eigenvalue weighted by molar-refractivity contribution is 4.99. The molecular formula is C15H30N4. The van der Waals surface area contributed by atoms with Crippen LogP contribution in [0.25, 0.3) is 0 Å². The molecule has 4 nitrogen and oxygen atoms in total. The SMILES string of the molecule is CNN1CCC(CN2CC3(CCCN(C)C3)C2)CC1. The van der Waals surface area contributed by atoms with Crippen molar-refractivity contribution in [2.45, 2.75) is 25.7 Å². The van der Waals surface area contributed by atoms with Gasteiger partial charge in [0.05, 0.1) is 0 Å². The number of rotatable bonds is 3. The van der Waals surface area contributed by atoms with Gasteiger partial charge in [-0.15, -0.1) is 0 Å². The third-order valence-electron chi connectivity index (χ3n) is 5.42. The molecule has 0 aromatic heterocycles. The van der Waals surface area contributed by atoms with Crippen LogP contribution in [0.4, 0.5) is 0 Å². The normalized spacial score (nSPS) is 30.6. The Morgan fingerprint density at radius 1 is 1.11 bits per heavy atom. The topological polar surface area (TPSA) is 21.8 Å². The molecule has 0 aromatic rings. The van der Waals surface area contributed by atoms with Gasteiger partial charge < -0.3 is 9.80 Å².